The normalized spacial score (nSPS) is 11.6. The minimum atomic E-state index is -0.353. The van der Waals surface area contributed by atoms with Crippen molar-refractivity contribution in [3.8, 4) is 10.6 Å². The quantitative estimate of drug-likeness (QED) is 0.313. The highest BCUT2D eigenvalue weighted by Crippen LogP contribution is 2.29. The molecule has 0 radical (unpaired) electrons. The van der Waals surface area contributed by atoms with Gasteiger partial charge in [-0.1, -0.05) is 30.3 Å². The van der Waals surface area contributed by atoms with Crippen molar-refractivity contribution in [2.75, 3.05) is 0 Å². The number of carbonyl (C=O) groups is 1. The van der Waals surface area contributed by atoms with Crippen molar-refractivity contribution >= 4 is 45.3 Å². The van der Waals surface area contributed by atoms with Crippen LogP contribution >= 0.6 is 11.3 Å². The summed E-state index contributed by atoms with van der Waals surface area (Å²) in [7, 11) is 0. The molecule has 6 nitrogen and oxygen atoms in total. The van der Waals surface area contributed by atoms with Crippen molar-refractivity contribution in [2.45, 2.75) is 13.5 Å². The molecule has 0 unspecified atom stereocenters. The second-order valence-electron chi connectivity index (χ2n) is 6.88. The number of fused-ring (bicyclic) bond motifs is 3. The van der Waals surface area contributed by atoms with Crippen molar-refractivity contribution in [1.29, 1.82) is 0 Å². The highest BCUT2D eigenvalue weighted by molar-refractivity contribution is 7.13. The largest absolute Gasteiger partial charge is 0.341 e. The number of para-hydroxylation sites is 1. The minimum Gasteiger partial charge on any atom is -0.341 e. The fourth-order valence-corrected chi connectivity index (χ4v) is 4.40. The highest BCUT2D eigenvalue weighted by Gasteiger charge is 2.12. The van der Waals surface area contributed by atoms with E-state index in [2.05, 4.69) is 68.6 Å². The van der Waals surface area contributed by atoms with Crippen molar-refractivity contribution in [1.82, 2.24) is 20.2 Å². The molecule has 0 saturated heterocycles. The number of aromatic amines is 1. The number of aryl methyl sites for hydroxylation is 1. The predicted octanol–water partition coefficient (Wildman–Crippen LogP) is 5.03. The second kappa shape index (κ2) is 7.61. The number of aromatic nitrogens is 3. The number of hydrogen-bond acceptors (Lipinski definition) is 4. The zero-order chi connectivity index (χ0) is 20.5. The van der Waals surface area contributed by atoms with E-state index in [1.165, 1.54) is 21.8 Å². The topological polar surface area (TPSA) is 75.1 Å². The zero-order valence-corrected chi connectivity index (χ0v) is 17.1. The SMILES string of the molecule is CCn1c2ccccc2c2cc(/C=N/NC(=O)c3cc(-c4cccs4)[nH]n3)ccc21. The summed E-state index contributed by atoms with van der Waals surface area (Å²) in [6.07, 6.45) is 1.65. The summed E-state index contributed by atoms with van der Waals surface area (Å²) in [6.45, 7) is 3.06. The Kier molecular flexibility index (Phi) is 4.65. The molecule has 0 atom stereocenters. The number of carbonyl (C=O) groups excluding carboxylic acids is 1. The molecule has 0 fully saturated rings. The lowest BCUT2D eigenvalue weighted by Crippen LogP contribution is -2.17. The summed E-state index contributed by atoms with van der Waals surface area (Å²) in [6, 6.07) is 20.3. The fourth-order valence-electron chi connectivity index (χ4n) is 3.71. The van der Waals surface area contributed by atoms with Gasteiger partial charge in [-0.05, 0) is 48.2 Å². The first-order valence-corrected chi connectivity index (χ1v) is 10.6. The molecule has 5 aromatic rings. The van der Waals surface area contributed by atoms with Gasteiger partial charge in [-0.15, -0.1) is 11.3 Å². The lowest BCUT2D eigenvalue weighted by atomic mass is 10.1. The number of hydrazone groups is 1. The number of hydrogen-bond donors (Lipinski definition) is 2. The van der Waals surface area contributed by atoms with Crippen LogP contribution in [0.1, 0.15) is 23.0 Å². The monoisotopic (exact) mass is 413 g/mol. The number of H-pyrrole nitrogens is 1. The van der Waals surface area contributed by atoms with Gasteiger partial charge in [-0.25, -0.2) is 5.43 Å². The third kappa shape index (κ3) is 3.19. The van der Waals surface area contributed by atoms with Crippen LogP contribution in [0.2, 0.25) is 0 Å². The molecular formula is C23H19N5OS. The maximum atomic E-state index is 12.3. The van der Waals surface area contributed by atoms with Gasteiger partial charge in [0, 0.05) is 28.4 Å². The lowest BCUT2D eigenvalue weighted by Gasteiger charge is -2.02. The van der Waals surface area contributed by atoms with E-state index < -0.39 is 0 Å². The Bertz CT molecular complexity index is 1380. The van der Waals surface area contributed by atoms with E-state index in [1.807, 2.05) is 23.6 Å². The molecule has 2 N–H and O–H groups in total. The Morgan fingerprint density at radius 1 is 1.13 bits per heavy atom. The fraction of sp³-hybridized carbons (Fsp3) is 0.0870. The third-order valence-corrected chi connectivity index (χ3v) is 5.99. The molecule has 3 aromatic heterocycles. The number of nitrogens with zero attached hydrogens (tertiary/aromatic N) is 3. The molecule has 7 heteroatoms. The third-order valence-electron chi connectivity index (χ3n) is 5.09. The van der Waals surface area contributed by atoms with Crippen molar-refractivity contribution < 1.29 is 4.79 Å². The summed E-state index contributed by atoms with van der Waals surface area (Å²) < 4.78 is 2.30. The van der Waals surface area contributed by atoms with E-state index in [9.17, 15) is 4.79 Å². The van der Waals surface area contributed by atoms with Gasteiger partial charge in [-0.2, -0.15) is 10.2 Å². The maximum absolute atomic E-state index is 12.3. The van der Waals surface area contributed by atoms with Gasteiger partial charge in [-0.3, -0.25) is 9.89 Å². The van der Waals surface area contributed by atoms with E-state index >= 15 is 0 Å². The Hall–Kier alpha value is -3.71. The Balaban J connectivity index is 1.37. The number of rotatable bonds is 5. The molecule has 30 heavy (non-hydrogen) atoms. The van der Waals surface area contributed by atoms with Gasteiger partial charge >= 0.3 is 0 Å². The van der Waals surface area contributed by atoms with E-state index in [0.29, 0.717) is 5.69 Å². The Morgan fingerprint density at radius 3 is 2.83 bits per heavy atom. The molecule has 5 rings (SSSR count). The molecule has 148 valence electrons. The first-order chi connectivity index (χ1) is 14.7. The first-order valence-electron chi connectivity index (χ1n) is 9.68. The van der Waals surface area contributed by atoms with Crippen LogP contribution in [0.25, 0.3) is 32.4 Å². The second-order valence-corrected chi connectivity index (χ2v) is 7.83. The molecule has 0 saturated carbocycles. The summed E-state index contributed by atoms with van der Waals surface area (Å²) in [5, 5.41) is 15.5. The summed E-state index contributed by atoms with van der Waals surface area (Å²) >= 11 is 1.59. The lowest BCUT2D eigenvalue weighted by molar-refractivity contribution is 0.0950. The van der Waals surface area contributed by atoms with Crippen molar-refractivity contribution in [3.05, 3.63) is 77.3 Å². The molecule has 3 heterocycles. The van der Waals surface area contributed by atoms with Gasteiger partial charge in [0.1, 0.15) is 0 Å². The van der Waals surface area contributed by atoms with Gasteiger partial charge in [0.15, 0.2) is 5.69 Å². The van der Waals surface area contributed by atoms with Crippen LogP contribution in [0, 0.1) is 0 Å². The van der Waals surface area contributed by atoms with Crippen LogP contribution in [-0.2, 0) is 6.54 Å². The summed E-state index contributed by atoms with van der Waals surface area (Å²) in [4.78, 5) is 13.4. The van der Waals surface area contributed by atoms with Gasteiger partial charge < -0.3 is 4.57 Å². The van der Waals surface area contributed by atoms with Crippen LogP contribution in [0.5, 0.6) is 0 Å². The first kappa shape index (κ1) is 18.3. The maximum Gasteiger partial charge on any atom is 0.291 e. The van der Waals surface area contributed by atoms with Gasteiger partial charge in [0.05, 0.1) is 16.8 Å². The molecule has 2 aromatic carbocycles. The minimum absolute atomic E-state index is 0.303. The summed E-state index contributed by atoms with van der Waals surface area (Å²) in [5.74, 6) is -0.353. The Morgan fingerprint density at radius 2 is 2.00 bits per heavy atom. The van der Waals surface area contributed by atoms with Crippen molar-refractivity contribution in [3.63, 3.8) is 0 Å². The molecule has 0 spiro atoms. The number of thiophene rings is 1. The van der Waals surface area contributed by atoms with E-state index in [0.717, 1.165) is 22.7 Å². The Labute approximate surface area is 176 Å². The number of benzene rings is 2. The van der Waals surface area contributed by atoms with E-state index in [4.69, 9.17) is 0 Å². The van der Waals surface area contributed by atoms with Crippen LogP contribution in [0.15, 0.2) is 71.1 Å². The van der Waals surface area contributed by atoms with Crippen LogP contribution in [-0.4, -0.2) is 26.9 Å². The van der Waals surface area contributed by atoms with Crippen LogP contribution in [0.3, 0.4) is 0 Å². The van der Waals surface area contributed by atoms with E-state index in [-0.39, 0.29) is 5.91 Å². The summed E-state index contributed by atoms with van der Waals surface area (Å²) in [5.41, 5.74) is 7.00. The predicted molar refractivity (Wildman–Crippen MR) is 122 cm³/mol. The van der Waals surface area contributed by atoms with Gasteiger partial charge in [0.25, 0.3) is 5.91 Å². The average molecular weight is 414 g/mol. The molecular weight excluding hydrogens is 394 g/mol. The standard InChI is InChI=1S/C23H19N5OS/c1-2-28-20-7-4-3-6-16(20)17-12-15(9-10-21(17)28)14-24-27-23(29)19-13-18(25-26-19)22-8-5-11-30-22/h3-14H,2H2,1H3,(H,25,26)(H,27,29)/b24-14+. The highest BCUT2D eigenvalue weighted by atomic mass is 32.1. The molecule has 0 aliphatic rings. The smallest absolute Gasteiger partial charge is 0.291 e. The molecule has 0 bridgehead atoms. The van der Waals surface area contributed by atoms with Crippen LogP contribution < -0.4 is 5.43 Å². The zero-order valence-electron chi connectivity index (χ0n) is 16.3. The van der Waals surface area contributed by atoms with Gasteiger partial charge in [0.2, 0.25) is 0 Å². The van der Waals surface area contributed by atoms with E-state index in [1.54, 1.807) is 23.6 Å². The average Bonchev–Trinajstić information content (AvgIpc) is 3.51. The number of nitrogens with one attached hydrogen (secondary N) is 2. The molecule has 1 amide bonds. The van der Waals surface area contributed by atoms with Crippen molar-refractivity contribution in [2.24, 2.45) is 5.10 Å². The van der Waals surface area contributed by atoms with Crippen LogP contribution in [0.4, 0.5) is 0 Å². The molecule has 0 aliphatic heterocycles. The number of amides is 1. The molecule has 0 aliphatic carbocycles.